The van der Waals surface area contributed by atoms with Gasteiger partial charge in [-0.05, 0) is 30.0 Å². The van der Waals surface area contributed by atoms with Crippen LogP contribution < -0.4 is 0 Å². The first-order valence-corrected chi connectivity index (χ1v) is 8.65. The SMILES string of the molecule is Cc1ccc([N+](=O)[O-])cc1S(=O)(=O)N1CCc2ccccc2C1. The van der Waals surface area contributed by atoms with Crippen molar-refractivity contribution >= 4 is 15.7 Å². The van der Waals surface area contributed by atoms with Crippen molar-refractivity contribution in [1.82, 2.24) is 4.31 Å². The lowest BCUT2D eigenvalue weighted by atomic mass is 10.0. The van der Waals surface area contributed by atoms with Crippen LogP contribution in [0.2, 0.25) is 0 Å². The molecule has 0 atom stereocenters. The minimum absolute atomic E-state index is 0.00563. The molecule has 0 saturated heterocycles. The third-order valence-corrected chi connectivity index (χ3v) is 6.08. The van der Waals surface area contributed by atoms with Crippen molar-refractivity contribution < 1.29 is 13.3 Å². The molecule has 0 amide bonds. The molecule has 0 N–H and O–H groups in total. The Morgan fingerprint density at radius 1 is 1.13 bits per heavy atom. The van der Waals surface area contributed by atoms with E-state index in [0.29, 0.717) is 25.1 Å². The monoisotopic (exact) mass is 332 g/mol. The van der Waals surface area contributed by atoms with Crippen LogP contribution in [0.5, 0.6) is 0 Å². The van der Waals surface area contributed by atoms with E-state index in [1.807, 2.05) is 24.3 Å². The first-order valence-electron chi connectivity index (χ1n) is 7.21. The van der Waals surface area contributed by atoms with Crippen LogP contribution in [0.3, 0.4) is 0 Å². The van der Waals surface area contributed by atoms with Crippen molar-refractivity contribution in [3.63, 3.8) is 0 Å². The second kappa shape index (κ2) is 5.75. The molecule has 0 spiro atoms. The molecule has 1 aliphatic heterocycles. The molecular weight excluding hydrogens is 316 g/mol. The lowest BCUT2D eigenvalue weighted by molar-refractivity contribution is -0.385. The second-order valence-corrected chi connectivity index (χ2v) is 7.47. The van der Waals surface area contributed by atoms with Gasteiger partial charge in [0.05, 0.1) is 9.82 Å². The van der Waals surface area contributed by atoms with Crippen LogP contribution in [0, 0.1) is 17.0 Å². The molecule has 0 aromatic heterocycles. The van der Waals surface area contributed by atoms with Crippen molar-refractivity contribution in [3.05, 3.63) is 69.3 Å². The summed E-state index contributed by atoms with van der Waals surface area (Å²) in [6.45, 7) is 2.32. The van der Waals surface area contributed by atoms with Gasteiger partial charge in [-0.3, -0.25) is 10.1 Å². The van der Waals surface area contributed by atoms with Gasteiger partial charge in [0.1, 0.15) is 0 Å². The molecule has 1 aliphatic rings. The summed E-state index contributed by atoms with van der Waals surface area (Å²) in [5, 5.41) is 10.9. The highest BCUT2D eigenvalue weighted by Crippen LogP contribution is 2.28. The zero-order valence-corrected chi connectivity index (χ0v) is 13.4. The van der Waals surface area contributed by atoms with Gasteiger partial charge in [-0.2, -0.15) is 4.31 Å². The van der Waals surface area contributed by atoms with Crippen molar-refractivity contribution in [2.45, 2.75) is 24.8 Å². The Kier molecular flexibility index (Phi) is 3.91. The normalized spacial score (nSPS) is 15.2. The Labute approximate surface area is 134 Å². The summed E-state index contributed by atoms with van der Waals surface area (Å²) < 4.78 is 27.2. The molecule has 120 valence electrons. The molecule has 2 aromatic carbocycles. The molecule has 2 aromatic rings. The summed E-state index contributed by atoms with van der Waals surface area (Å²) in [7, 11) is -3.76. The number of nitrogens with zero attached hydrogens (tertiary/aromatic N) is 2. The molecule has 0 aliphatic carbocycles. The number of hydrogen-bond acceptors (Lipinski definition) is 4. The van der Waals surface area contributed by atoms with E-state index >= 15 is 0 Å². The maximum atomic E-state index is 12.9. The van der Waals surface area contributed by atoms with Gasteiger partial charge in [0.25, 0.3) is 5.69 Å². The van der Waals surface area contributed by atoms with Crippen LogP contribution in [0.15, 0.2) is 47.4 Å². The van der Waals surface area contributed by atoms with Crippen LogP contribution in [0.25, 0.3) is 0 Å². The average molecular weight is 332 g/mol. The van der Waals surface area contributed by atoms with Gasteiger partial charge < -0.3 is 0 Å². The van der Waals surface area contributed by atoms with Crippen LogP contribution >= 0.6 is 0 Å². The summed E-state index contributed by atoms with van der Waals surface area (Å²) in [5.74, 6) is 0. The van der Waals surface area contributed by atoms with Crippen LogP contribution in [0.1, 0.15) is 16.7 Å². The topological polar surface area (TPSA) is 80.5 Å². The fourth-order valence-corrected chi connectivity index (χ4v) is 4.46. The molecule has 3 rings (SSSR count). The van der Waals surface area contributed by atoms with E-state index in [2.05, 4.69) is 0 Å². The number of nitro groups is 1. The third-order valence-electron chi connectivity index (χ3n) is 4.10. The van der Waals surface area contributed by atoms with Crippen molar-refractivity contribution in [1.29, 1.82) is 0 Å². The molecule has 1 heterocycles. The minimum atomic E-state index is -3.76. The molecule has 0 unspecified atom stereocenters. The van der Waals surface area contributed by atoms with Gasteiger partial charge in [-0.1, -0.05) is 30.3 Å². The number of hydrogen-bond donors (Lipinski definition) is 0. The zero-order chi connectivity index (χ0) is 16.6. The molecule has 6 nitrogen and oxygen atoms in total. The summed E-state index contributed by atoms with van der Waals surface area (Å²) in [6, 6.07) is 11.7. The van der Waals surface area contributed by atoms with Gasteiger partial charge in [0, 0.05) is 25.2 Å². The van der Waals surface area contributed by atoms with E-state index in [-0.39, 0.29) is 10.6 Å². The Morgan fingerprint density at radius 2 is 1.83 bits per heavy atom. The van der Waals surface area contributed by atoms with Gasteiger partial charge >= 0.3 is 0 Å². The fourth-order valence-electron chi connectivity index (χ4n) is 2.79. The lowest BCUT2D eigenvalue weighted by Gasteiger charge is -2.28. The van der Waals surface area contributed by atoms with E-state index in [9.17, 15) is 18.5 Å². The Hall–Kier alpha value is -2.25. The van der Waals surface area contributed by atoms with Crippen molar-refractivity contribution in [3.8, 4) is 0 Å². The summed E-state index contributed by atoms with van der Waals surface area (Å²) >= 11 is 0. The Balaban J connectivity index is 2.00. The molecule has 23 heavy (non-hydrogen) atoms. The van der Waals surface area contributed by atoms with E-state index in [1.165, 1.54) is 16.4 Å². The largest absolute Gasteiger partial charge is 0.270 e. The predicted octanol–water partition coefficient (Wildman–Crippen LogP) is 2.65. The standard InChI is InChI=1S/C16H16N2O4S/c1-12-6-7-15(18(19)20)10-16(12)23(21,22)17-9-8-13-4-2-3-5-14(13)11-17/h2-7,10H,8-9,11H2,1H3. The number of sulfonamides is 1. The van der Waals surface area contributed by atoms with Crippen molar-refractivity contribution in [2.24, 2.45) is 0 Å². The highest BCUT2D eigenvalue weighted by molar-refractivity contribution is 7.89. The predicted molar refractivity (Wildman–Crippen MR) is 85.6 cm³/mol. The highest BCUT2D eigenvalue weighted by Gasteiger charge is 2.30. The summed E-state index contributed by atoms with van der Waals surface area (Å²) in [5.41, 5.74) is 2.42. The first-order chi connectivity index (χ1) is 10.9. The smallest absolute Gasteiger partial charge is 0.258 e. The molecule has 7 heteroatoms. The number of non-ortho nitro benzene ring substituents is 1. The maximum Gasteiger partial charge on any atom is 0.270 e. The molecular formula is C16H16N2O4S. The van der Waals surface area contributed by atoms with E-state index in [0.717, 1.165) is 17.2 Å². The number of fused-ring (bicyclic) bond motifs is 1. The number of rotatable bonds is 3. The summed E-state index contributed by atoms with van der Waals surface area (Å²) in [4.78, 5) is 10.4. The first kappa shape index (κ1) is 15.6. The van der Waals surface area contributed by atoms with Crippen LogP contribution in [-0.4, -0.2) is 24.2 Å². The summed E-state index contributed by atoms with van der Waals surface area (Å²) in [6.07, 6.45) is 0.642. The van der Waals surface area contributed by atoms with E-state index in [1.54, 1.807) is 6.92 Å². The molecule has 0 bridgehead atoms. The van der Waals surface area contributed by atoms with Crippen molar-refractivity contribution in [2.75, 3.05) is 6.54 Å². The zero-order valence-electron chi connectivity index (χ0n) is 12.6. The Morgan fingerprint density at radius 3 is 2.52 bits per heavy atom. The van der Waals surface area contributed by atoms with E-state index < -0.39 is 14.9 Å². The number of nitro benzene ring substituents is 1. The van der Waals surface area contributed by atoms with Gasteiger partial charge in [0.15, 0.2) is 0 Å². The van der Waals surface area contributed by atoms with Gasteiger partial charge in [0.2, 0.25) is 10.0 Å². The van der Waals surface area contributed by atoms with Gasteiger partial charge in [-0.25, -0.2) is 8.42 Å². The second-order valence-electron chi connectivity index (χ2n) is 5.56. The Bertz CT molecular complexity index is 877. The maximum absolute atomic E-state index is 12.9. The quantitative estimate of drug-likeness (QED) is 0.639. The van der Waals surface area contributed by atoms with Crippen LogP contribution in [-0.2, 0) is 23.0 Å². The average Bonchev–Trinajstić information content (AvgIpc) is 2.54. The highest BCUT2D eigenvalue weighted by atomic mass is 32.2. The molecule has 0 saturated carbocycles. The lowest BCUT2D eigenvalue weighted by Crippen LogP contribution is -2.36. The number of aryl methyl sites for hydroxylation is 1. The third kappa shape index (κ3) is 2.85. The van der Waals surface area contributed by atoms with E-state index in [4.69, 9.17) is 0 Å². The molecule has 0 radical (unpaired) electrons. The number of benzene rings is 2. The fraction of sp³-hybridized carbons (Fsp3) is 0.250. The van der Waals surface area contributed by atoms with Gasteiger partial charge in [-0.15, -0.1) is 0 Å². The van der Waals surface area contributed by atoms with Crippen LogP contribution in [0.4, 0.5) is 5.69 Å². The minimum Gasteiger partial charge on any atom is -0.258 e. The molecule has 0 fully saturated rings.